The van der Waals surface area contributed by atoms with E-state index < -0.39 is 0 Å². The second-order valence-electron chi connectivity index (χ2n) is 6.34. The van der Waals surface area contributed by atoms with E-state index in [0.717, 1.165) is 39.8 Å². The van der Waals surface area contributed by atoms with Crippen molar-refractivity contribution in [1.82, 2.24) is 14.8 Å². The van der Waals surface area contributed by atoms with Crippen LogP contribution in [0.3, 0.4) is 0 Å². The lowest BCUT2D eigenvalue weighted by molar-refractivity contribution is 0.414. The van der Waals surface area contributed by atoms with Crippen molar-refractivity contribution in [2.45, 2.75) is 6.92 Å². The van der Waals surface area contributed by atoms with Crippen LogP contribution >= 0.6 is 0 Å². The van der Waals surface area contributed by atoms with E-state index in [1.165, 1.54) is 0 Å². The van der Waals surface area contributed by atoms with Crippen molar-refractivity contribution in [3.63, 3.8) is 0 Å². The SMILES string of the molecule is COc1ccc(-n2c(C)nnc2-c2ccc(-c3ccccc3C#N)cc2)cc1. The highest BCUT2D eigenvalue weighted by molar-refractivity contribution is 5.73. The monoisotopic (exact) mass is 366 g/mol. The number of aryl methyl sites for hydroxylation is 1. The Morgan fingerprint density at radius 3 is 2.21 bits per heavy atom. The molecule has 0 atom stereocenters. The van der Waals surface area contributed by atoms with E-state index in [2.05, 4.69) is 16.3 Å². The number of nitriles is 1. The Bertz CT molecular complexity index is 1150. The first-order valence-electron chi connectivity index (χ1n) is 8.87. The average molecular weight is 366 g/mol. The standard InChI is InChI=1S/C23H18N4O/c1-16-25-26-23(27(16)20-11-13-21(28-2)14-12-20)18-9-7-17(8-10-18)22-6-4-3-5-19(22)15-24/h3-14H,1-2H3. The molecule has 0 bridgehead atoms. The number of nitrogens with zero attached hydrogens (tertiary/aromatic N) is 4. The largest absolute Gasteiger partial charge is 0.497 e. The molecule has 0 spiro atoms. The van der Waals surface area contributed by atoms with Gasteiger partial charge in [0, 0.05) is 11.3 Å². The fourth-order valence-corrected chi connectivity index (χ4v) is 3.22. The van der Waals surface area contributed by atoms with Gasteiger partial charge < -0.3 is 4.74 Å². The molecule has 4 rings (SSSR count). The molecule has 5 heteroatoms. The summed E-state index contributed by atoms with van der Waals surface area (Å²) in [7, 11) is 1.65. The molecule has 5 nitrogen and oxygen atoms in total. The predicted octanol–water partition coefficient (Wildman–Crippen LogP) is 4.79. The minimum Gasteiger partial charge on any atom is -0.497 e. The van der Waals surface area contributed by atoms with Gasteiger partial charge in [-0.05, 0) is 48.4 Å². The van der Waals surface area contributed by atoms with Gasteiger partial charge in [0.2, 0.25) is 0 Å². The van der Waals surface area contributed by atoms with E-state index in [9.17, 15) is 5.26 Å². The molecule has 0 aliphatic rings. The fraction of sp³-hybridized carbons (Fsp3) is 0.0870. The van der Waals surface area contributed by atoms with Gasteiger partial charge in [0.15, 0.2) is 5.82 Å². The molecular formula is C23H18N4O. The van der Waals surface area contributed by atoms with Gasteiger partial charge in [0.1, 0.15) is 11.6 Å². The van der Waals surface area contributed by atoms with E-state index in [1.807, 2.05) is 84.3 Å². The molecular weight excluding hydrogens is 348 g/mol. The van der Waals surface area contributed by atoms with Crippen LogP contribution in [0.25, 0.3) is 28.2 Å². The summed E-state index contributed by atoms with van der Waals surface area (Å²) in [5, 5.41) is 18.0. The highest BCUT2D eigenvalue weighted by Gasteiger charge is 2.13. The van der Waals surface area contributed by atoms with E-state index >= 15 is 0 Å². The Morgan fingerprint density at radius 2 is 1.54 bits per heavy atom. The fourth-order valence-electron chi connectivity index (χ4n) is 3.22. The lowest BCUT2D eigenvalue weighted by atomic mass is 9.99. The molecule has 136 valence electrons. The van der Waals surface area contributed by atoms with Crippen LogP contribution in [0.2, 0.25) is 0 Å². The first-order valence-corrected chi connectivity index (χ1v) is 8.87. The molecule has 0 fully saturated rings. The molecule has 3 aromatic carbocycles. The van der Waals surface area contributed by atoms with Gasteiger partial charge in [0.05, 0.1) is 18.7 Å². The maximum absolute atomic E-state index is 9.33. The number of ether oxygens (including phenoxy) is 1. The molecule has 4 aromatic rings. The van der Waals surface area contributed by atoms with Crippen LogP contribution < -0.4 is 4.74 Å². The van der Waals surface area contributed by atoms with Gasteiger partial charge in [-0.25, -0.2) is 0 Å². The smallest absolute Gasteiger partial charge is 0.168 e. The van der Waals surface area contributed by atoms with Crippen LogP contribution in [-0.4, -0.2) is 21.9 Å². The number of benzene rings is 3. The molecule has 0 radical (unpaired) electrons. The van der Waals surface area contributed by atoms with Crippen LogP contribution in [0.1, 0.15) is 11.4 Å². The van der Waals surface area contributed by atoms with E-state index in [1.54, 1.807) is 7.11 Å². The molecule has 1 heterocycles. The number of hydrogen-bond donors (Lipinski definition) is 0. The summed E-state index contributed by atoms with van der Waals surface area (Å²) in [6, 6.07) is 25.7. The Morgan fingerprint density at radius 1 is 0.857 bits per heavy atom. The van der Waals surface area contributed by atoms with Gasteiger partial charge in [-0.15, -0.1) is 10.2 Å². The van der Waals surface area contributed by atoms with Crippen molar-refractivity contribution in [3.8, 4) is 40.0 Å². The van der Waals surface area contributed by atoms with Gasteiger partial charge in [-0.3, -0.25) is 4.57 Å². The lowest BCUT2D eigenvalue weighted by Crippen LogP contribution is -2.00. The Kier molecular flexibility index (Phi) is 4.61. The van der Waals surface area contributed by atoms with Crippen LogP contribution in [0, 0.1) is 18.3 Å². The maximum atomic E-state index is 9.33. The van der Waals surface area contributed by atoms with Crippen molar-refractivity contribution in [2.24, 2.45) is 0 Å². The highest BCUT2D eigenvalue weighted by Crippen LogP contribution is 2.28. The third kappa shape index (κ3) is 3.12. The number of aromatic nitrogens is 3. The van der Waals surface area contributed by atoms with Crippen LogP contribution in [-0.2, 0) is 0 Å². The molecule has 0 N–H and O–H groups in total. The Hall–Kier alpha value is -3.91. The van der Waals surface area contributed by atoms with Crippen molar-refractivity contribution in [3.05, 3.63) is 84.2 Å². The third-order valence-electron chi connectivity index (χ3n) is 4.66. The second-order valence-corrected chi connectivity index (χ2v) is 6.34. The van der Waals surface area contributed by atoms with Crippen molar-refractivity contribution in [2.75, 3.05) is 7.11 Å². The number of hydrogen-bond acceptors (Lipinski definition) is 4. The Balaban J connectivity index is 1.74. The summed E-state index contributed by atoms with van der Waals surface area (Å²) in [5.74, 6) is 2.37. The minimum atomic E-state index is 0.660. The van der Waals surface area contributed by atoms with E-state index in [0.29, 0.717) is 5.56 Å². The molecule has 0 amide bonds. The predicted molar refractivity (Wildman–Crippen MR) is 108 cm³/mol. The normalized spacial score (nSPS) is 10.5. The summed E-state index contributed by atoms with van der Waals surface area (Å²) >= 11 is 0. The van der Waals surface area contributed by atoms with Crippen molar-refractivity contribution < 1.29 is 4.74 Å². The zero-order valence-electron chi connectivity index (χ0n) is 15.6. The number of methoxy groups -OCH3 is 1. The zero-order valence-corrected chi connectivity index (χ0v) is 15.6. The molecule has 0 unspecified atom stereocenters. The molecule has 28 heavy (non-hydrogen) atoms. The summed E-state index contributed by atoms with van der Waals surface area (Å²) < 4.78 is 7.25. The summed E-state index contributed by atoms with van der Waals surface area (Å²) in [6.45, 7) is 1.93. The molecule has 0 saturated carbocycles. The van der Waals surface area contributed by atoms with Crippen LogP contribution in [0.5, 0.6) is 5.75 Å². The van der Waals surface area contributed by atoms with Crippen LogP contribution in [0.4, 0.5) is 0 Å². The molecule has 0 aliphatic carbocycles. The van der Waals surface area contributed by atoms with Crippen molar-refractivity contribution >= 4 is 0 Å². The molecule has 1 aromatic heterocycles. The quantitative estimate of drug-likeness (QED) is 0.521. The summed E-state index contributed by atoms with van der Waals surface area (Å²) in [4.78, 5) is 0. The minimum absolute atomic E-state index is 0.660. The molecule has 0 aliphatic heterocycles. The first-order chi connectivity index (χ1) is 13.7. The molecule has 0 saturated heterocycles. The van der Waals surface area contributed by atoms with E-state index in [-0.39, 0.29) is 0 Å². The van der Waals surface area contributed by atoms with Crippen molar-refractivity contribution in [1.29, 1.82) is 5.26 Å². The topological polar surface area (TPSA) is 63.7 Å². The average Bonchev–Trinajstić information content (AvgIpc) is 3.15. The Labute approximate surface area is 163 Å². The highest BCUT2D eigenvalue weighted by atomic mass is 16.5. The van der Waals surface area contributed by atoms with Gasteiger partial charge in [-0.1, -0.05) is 42.5 Å². The van der Waals surface area contributed by atoms with Gasteiger partial charge in [-0.2, -0.15) is 5.26 Å². The van der Waals surface area contributed by atoms with E-state index in [4.69, 9.17) is 4.74 Å². The first kappa shape index (κ1) is 17.5. The lowest BCUT2D eigenvalue weighted by Gasteiger charge is -2.10. The van der Waals surface area contributed by atoms with Gasteiger partial charge >= 0.3 is 0 Å². The van der Waals surface area contributed by atoms with Crippen LogP contribution in [0.15, 0.2) is 72.8 Å². The van der Waals surface area contributed by atoms with Gasteiger partial charge in [0.25, 0.3) is 0 Å². The number of rotatable bonds is 4. The second kappa shape index (κ2) is 7.37. The zero-order chi connectivity index (χ0) is 19.5. The summed E-state index contributed by atoms with van der Waals surface area (Å²) in [6.07, 6.45) is 0. The third-order valence-corrected chi connectivity index (χ3v) is 4.66. The maximum Gasteiger partial charge on any atom is 0.168 e. The summed E-state index contributed by atoms with van der Waals surface area (Å²) in [5.41, 5.74) is 4.50.